The van der Waals surface area contributed by atoms with Crippen molar-refractivity contribution in [1.82, 2.24) is 5.32 Å². The molecule has 0 saturated heterocycles. The van der Waals surface area contributed by atoms with Crippen LogP contribution in [-0.4, -0.2) is 37.2 Å². The summed E-state index contributed by atoms with van der Waals surface area (Å²) in [6.07, 6.45) is -0.530. The van der Waals surface area contributed by atoms with Gasteiger partial charge in [-0.3, -0.25) is 0 Å². The van der Waals surface area contributed by atoms with E-state index in [0.717, 1.165) is 5.75 Å². The van der Waals surface area contributed by atoms with Crippen LogP contribution in [0.4, 0.5) is 0 Å². The van der Waals surface area contributed by atoms with Gasteiger partial charge in [-0.25, -0.2) is 0 Å². The van der Waals surface area contributed by atoms with Gasteiger partial charge in [0.05, 0.1) is 0 Å². The zero-order valence-corrected chi connectivity index (χ0v) is 11.9. The van der Waals surface area contributed by atoms with Gasteiger partial charge in [0.15, 0.2) is 11.5 Å². The van der Waals surface area contributed by atoms with E-state index < -0.39 is 6.10 Å². The highest BCUT2D eigenvalue weighted by Gasteiger charge is 2.14. The van der Waals surface area contributed by atoms with E-state index in [1.54, 1.807) is 18.2 Å². The van der Waals surface area contributed by atoms with Crippen LogP contribution >= 0.6 is 12.4 Å². The molecule has 1 heterocycles. The number of rotatable bonds is 6. The molecule has 5 nitrogen and oxygen atoms in total. The first kappa shape index (κ1) is 15.9. The van der Waals surface area contributed by atoms with E-state index >= 15 is 0 Å². The lowest BCUT2D eigenvalue weighted by Crippen LogP contribution is -2.35. The minimum Gasteiger partial charge on any atom is -0.491 e. The van der Waals surface area contributed by atoms with Gasteiger partial charge < -0.3 is 24.6 Å². The number of benzene rings is 1. The number of hydrogen-bond donors (Lipinski definition) is 2. The zero-order valence-electron chi connectivity index (χ0n) is 11.1. The second-order valence-electron chi connectivity index (χ2n) is 4.54. The van der Waals surface area contributed by atoms with Gasteiger partial charge in [0, 0.05) is 18.7 Å². The van der Waals surface area contributed by atoms with Crippen LogP contribution < -0.4 is 19.5 Å². The Morgan fingerprint density at radius 2 is 2.05 bits per heavy atom. The summed E-state index contributed by atoms with van der Waals surface area (Å²) >= 11 is 0. The number of ether oxygens (including phenoxy) is 3. The van der Waals surface area contributed by atoms with Crippen LogP contribution in [0.2, 0.25) is 0 Å². The Kier molecular flexibility index (Phi) is 6.21. The van der Waals surface area contributed by atoms with Crippen molar-refractivity contribution in [3.05, 3.63) is 18.2 Å². The fourth-order valence-corrected chi connectivity index (χ4v) is 1.59. The SMILES string of the molecule is CC(C)NCC(O)COc1ccc2c(c1)OCO2.Cl. The lowest BCUT2D eigenvalue weighted by atomic mass is 10.3. The lowest BCUT2D eigenvalue weighted by molar-refractivity contribution is 0.104. The summed E-state index contributed by atoms with van der Waals surface area (Å²) < 4.78 is 16.0. The van der Waals surface area contributed by atoms with E-state index in [-0.39, 0.29) is 25.8 Å². The Balaban J connectivity index is 0.00000180. The third-order valence-electron chi connectivity index (χ3n) is 2.55. The molecule has 0 aliphatic carbocycles. The topological polar surface area (TPSA) is 60.0 Å². The fourth-order valence-electron chi connectivity index (χ4n) is 1.59. The van der Waals surface area contributed by atoms with E-state index in [0.29, 0.717) is 24.1 Å². The van der Waals surface area contributed by atoms with E-state index in [9.17, 15) is 5.11 Å². The summed E-state index contributed by atoms with van der Waals surface area (Å²) in [5, 5.41) is 12.9. The average molecular weight is 290 g/mol. The molecule has 1 atom stereocenters. The van der Waals surface area contributed by atoms with Crippen LogP contribution in [0.25, 0.3) is 0 Å². The first-order valence-corrected chi connectivity index (χ1v) is 6.09. The van der Waals surface area contributed by atoms with Crippen LogP contribution in [0.3, 0.4) is 0 Å². The molecule has 1 aromatic rings. The van der Waals surface area contributed by atoms with Gasteiger partial charge in [0.2, 0.25) is 6.79 Å². The molecule has 19 heavy (non-hydrogen) atoms. The molecule has 0 fully saturated rings. The second kappa shape index (κ2) is 7.43. The van der Waals surface area contributed by atoms with Crippen molar-refractivity contribution in [1.29, 1.82) is 0 Å². The van der Waals surface area contributed by atoms with Crippen molar-refractivity contribution in [3.63, 3.8) is 0 Å². The van der Waals surface area contributed by atoms with E-state index in [1.165, 1.54) is 0 Å². The van der Waals surface area contributed by atoms with Crippen LogP contribution in [-0.2, 0) is 0 Å². The van der Waals surface area contributed by atoms with Crippen LogP contribution in [0.1, 0.15) is 13.8 Å². The molecule has 1 aromatic carbocycles. The average Bonchev–Trinajstić information content (AvgIpc) is 2.81. The highest BCUT2D eigenvalue weighted by Crippen LogP contribution is 2.35. The molecule has 0 radical (unpaired) electrons. The smallest absolute Gasteiger partial charge is 0.231 e. The fraction of sp³-hybridized carbons (Fsp3) is 0.538. The number of aliphatic hydroxyl groups excluding tert-OH is 1. The molecule has 0 aromatic heterocycles. The minimum atomic E-state index is -0.530. The quantitative estimate of drug-likeness (QED) is 0.832. The van der Waals surface area contributed by atoms with Gasteiger partial charge in [-0.05, 0) is 12.1 Å². The Labute approximate surface area is 119 Å². The largest absolute Gasteiger partial charge is 0.491 e. The number of fused-ring (bicyclic) bond motifs is 1. The normalized spacial score (nSPS) is 14.1. The van der Waals surface area contributed by atoms with E-state index in [2.05, 4.69) is 5.32 Å². The third kappa shape index (κ3) is 4.78. The van der Waals surface area contributed by atoms with Gasteiger partial charge in [-0.15, -0.1) is 12.4 Å². The van der Waals surface area contributed by atoms with E-state index in [4.69, 9.17) is 14.2 Å². The van der Waals surface area contributed by atoms with Gasteiger partial charge in [0.25, 0.3) is 0 Å². The molecule has 1 aliphatic heterocycles. The van der Waals surface area contributed by atoms with Gasteiger partial charge in [-0.1, -0.05) is 13.8 Å². The standard InChI is InChI=1S/C13H19NO4.ClH/c1-9(2)14-6-10(15)7-16-11-3-4-12-13(5-11)18-8-17-12;/h3-5,9-10,14-15H,6-8H2,1-2H3;1H. The minimum absolute atomic E-state index is 0. The first-order valence-electron chi connectivity index (χ1n) is 6.09. The molecular weight excluding hydrogens is 270 g/mol. The molecule has 1 unspecified atom stereocenters. The van der Waals surface area contributed by atoms with Crippen molar-refractivity contribution in [3.8, 4) is 17.2 Å². The predicted octanol–water partition coefficient (Wildman–Crippen LogP) is 1.57. The molecule has 0 spiro atoms. The first-order chi connectivity index (χ1) is 8.65. The molecule has 0 saturated carbocycles. The molecule has 108 valence electrons. The van der Waals surface area contributed by atoms with Crippen molar-refractivity contribution >= 4 is 12.4 Å². The predicted molar refractivity (Wildman–Crippen MR) is 74.5 cm³/mol. The third-order valence-corrected chi connectivity index (χ3v) is 2.55. The zero-order chi connectivity index (χ0) is 13.0. The highest BCUT2D eigenvalue weighted by molar-refractivity contribution is 5.85. The molecule has 0 bridgehead atoms. The van der Waals surface area contributed by atoms with Crippen molar-refractivity contribution in [2.45, 2.75) is 26.0 Å². The van der Waals surface area contributed by atoms with Crippen molar-refractivity contribution in [2.24, 2.45) is 0 Å². The molecule has 1 aliphatic rings. The number of nitrogens with one attached hydrogen (secondary N) is 1. The van der Waals surface area contributed by atoms with Crippen LogP contribution in [0.15, 0.2) is 18.2 Å². The molecule has 6 heteroatoms. The van der Waals surface area contributed by atoms with Crippen LogP contribution in [0.5, 0.6) is 17.2 Å². The maximum Gasteiger partial charge on any atom is 0.231 e. The van der Waals surface area contributed by atoms with Gasteiger partial charge >= 0.3 is 0 Å². The maximum atomic E-state index is 9.71. The van der Waals surface area contributed by atoms with Crippen LogP contribution in [0, 0.1) is 0 Å². The molecule has 2 N–H and O–H groups in total. The second-order valence-corrected chi connectivity index (χ2v) is 4.54. The maximum absolute atomic E-state index is 9.71. The summed E-state index contributed by atoms with van der Waals surface area (Å²) in [6.45, 7) is 5.08. The molecular formula is C13H20ClNO4. The van der Waals surface area contributed by atoms with Gasteiger partial charge in [-0.2, -0.15) is 0 Å². The Bertz CT molecular complexity index is 400. The summed E-state index contributed by atoms with van der Waals surface area (Å²) in [7, 11) is 0. The number of aliphatic hydroxyl groups is 1. The Morgan fingerprint density at radius 1 is 1.32 bits per heavy atom. The Hall–Kier alpha value is -1.17. The lowest BCUT2D eigenvalue weighted by Gasteiger charge is -2.15. The summed E-state index contributed by atoms with van der Waals surface area (Å²) in [6, 6.07) is 5.72. The van der Waals surface area contributed by atoms with Crippen molar-refractivity contribution in [2.75, 3.05) is 19.9 Å². The summed E-state index contributed by atoms with van der Waals surface area (Å²) in [5.74, 6) is 2.08. The molecule has 0 amide bonds. The molecule has 2 rings (SSSR count). The highest BCUT2D eigenvalue weighted by atomic mass is 35.5. The monoisotopic (exact) mass is 289 g/mol. The summed E-state index contributed by atoms with van der Waals surface area (Å²) in [4.78, 5) is 0. The van der Waals surface area contributed by atoms with Crippen molar-refractivity contribution < 1.29 is 19.3 Å². The van der Waals surface area contributed by atoms with Gasteiger partial charge in [0.1, 0.15) is 18.5 Å². The van der Waals surface area contributed by atoms with E-state index in [1.807, 2.05) is 13.8 Å². The number of hydrogen-bond acceptors (Lipinski definition) is 5. The summed E-state index contributed by atoms with van der Waals surface area (Å²) in [5.41, 5.74) is 0. The Morgan fingerprint density at radius 3 is 2.79 bits per heavy atom. The number of halogens is 1.